The Hall–Kier alpha value is -3.53. The molecule has 0 unspecified atom stereocenters. The largest absolute Gasteiger partial charge is 0.487 e. The third-order valence-corrected chi connectivity index (χ3v) is 10.2. The molecule has 0 amide bonds. The van der Waals surface area contributed by atoms with E-state index in [4.69, 9.17) is 21.4 Å². The van der Waals surface area contributed by atoms with Crippen LogP contribution in [-0.4, -0.2) is 44.3 Å². The Morgan fingerprint density at radius 3 is 2.80 bits per heavy atom. The van der Waals surface area contributed by atoms with Gasteiger partial charge in [-0.15, -0.1) is 11.3 Å². The van der Waals surface area contributed by atoms with E-state index in [0.717, 1.165) is 52.6 Å². The minimum Gasteiger partial charge on any atom is -0.487 e. The van der Waals surface area contributed by atoms with E-state index < -0.39 is 0 Å². The molecule has 7 nitrogen and oxygen atoms in total. The fourth-order valence-electron chi connectivity index (χ4n) is 6.49. The van der Waals surface area contributed by atoms with Gasteiger partial charge in [-0.3, -0.25) is 4.68 Å². The van der Waals surface area contributed by atoms with Crippen molar-refractivity contribution >= 4 is 44.7 Å². The molecule has 2 aromatic carbocycles. The summed E-state index contributed by atoms with van der Waals surface area (Å²) in [7, 11) is 0. The van der Waals surface area contributed by atoms with Crippen LogP contribution in [0.4, 0.5) is 15.9 Å². The van der Waals surface area contributed by atoms with Crippen LogP contribution in [0.15, 0.2) is 55.0 Å². The Kier molecular flexibility index (Phi) is 8.51. The number of nitrogens with one attached hydrogen (secondary N) is 1. The fourth-order valence-corrected chi connectivity index (χ4v) is 7.94. The molecule has 1 N–H and O–H groups in total. The number of benzene rings is 2. The quantitative estimate of drug-likeness (QED) is 0.167. The first-order valence-corrected chi connectivity index (χ1v) is 16.7. The third kappa shape index (κ3) is 6.18. The topological polar surface area (TPSA) is 68.1 Å². The first-order valence-electron chi connectivity index (χ1n) is 15.5. The van der Waals surface area contributed by atoms with Crippen LogP contribution in [0.1, 0.15) is 49.4 Å². The van der Waals surface area contributed by atoms with Crippen molar-refractivity contribution in [3.8, 4) is 16.2 Å². The lowest BCUT2D eigenvalue weighted by atomic mass is 9.93. The molecule has 3 aromatic heterocycles. The molecule has 4 heterocycles. The van der Waals surface area contributed by atoms with Crippen LogP contribution in [0.25, 0.3) is 20.7 Å². The van der Waals surface area contributed by atoms with Gasteiger partial charge in [0, 0.05) is 28.9 Å². The molecule has 0 radical (unpaired) electrons. The lowest BCUT2D eigenvalue weighted by Crippen LogP contribution is -2.34. The van der Waals surface area contributed by atoms with Crippen molar-refractivity contribution in [1.29, 1.82) is 0 Å². The van der Waals surface area contributed by atoms with Crippen molar-refractivity contribution < 1.29 is 9.13 Å². The first kappa shape index (κ1) is 29.2. The van der Waals surface area contributed by atoms with Crippen LogP contribution < -0.4 is 10.1 Å². The number of fused-ring (bicyclic) bond motifs is 5. The highest BCUT2D eigenvalue weighted by Crippen LogP contribution is 2.45. The number of aromatic nitrogens is 4. The van der Waals surface area contributed by atoms with Gasteiger partial charge in [-0.2, -0.15) is 5.10 Å². The number of thiophene rings is 1. The van der Waals surface area contributed by atoms with Gasteiger partial charge < -0.3 is 15.0 Å². The van der Waals surface area contributed by atoms with Gasteiger partial charge in [0.25, 0.3) is 0 Å². The van der Waals surface area contributed by atoms with E-state index in [-0.39, 0.29) is 12.4 Å². The number of anilines is 2. The molecule has 44 heavy (non-hydrogen) atoms. The lowest BCUT2D eigenvalue weighted by Gasteiger charge is -2.31. The highest BCUT2D eigenvalue weighted by molar-refractivity contribution is 7.22. The highest BCUT2D eigenvalue weighted by Gasteiger charge is 2.27. The normalized spacial score (nSPS) is 15.3. The number of halogens is 2. The average Bonchev–Trinajstić information content (AvgIpc) is 3.62. The van der Waals surface area contributed by atoms with Gasteiger partial charge in [-0.25, -0.2) is 14.4 Å². The molecule has 0 saturated carbocycles. The third-order valence-electron chi connectivity index (χ3n) is 8.77. The maximum atomic E-state index is 13.5. The van der Waals surface area contributed by atoms with E-state index in [1.165, 1.54) is 79.1 Å². The SMILES string of the molecule is CCCN1CCC(CCn2cc3c(n2)CCc2c-3sc3ncnc(Nc4ccc(OCc5cccc(F)c5)c(Cl)c4)c23)CC1. The average molecular weight is 631 g/mol. The molecule has 7 rings (SSSR count). The molecular formula is C34H36ClFN6OS. The molecule has 0 bridgehead atoms. The van der Waals surface area contributed by atoms with E-state index in [2.05, 4.69) is 38.0 Å². The molecule has 1 saturated heterocycles. The summed E-state index contributed by atoms with van der Waals surface area (Å²) in [4.78, 5) is 14.1. The molecule has 10 heteroatoms. The minimum atomic E-state index is -0.290. The smallest absolute Gasteiger partial charge is 0.142 e. The van der Waals surface area contributed by atoms with Crippen LogP contribution in [0.5, 0.6) is 5.75 Å². The lowest BCUT2D eigenvalue weighted by molar-refractivity contribution is 0.175. The molecule has 228 valence electrons. The van der Waals surface area contributed by atoms with Gasteiger partial charge in [0.05, 0.1) is 16.1 Å². The molecule has 1 aliphatic heterocycles. The number of aryl methyl sites for hydroxylation is 3. The molecule has 2 aliphatic rings. The molecule has 0 spiro atoms. The van der Waals surface area contributed by atoms with Gasteiger partial charge in [-0.05, 0) is 106 Å². The van der Waals surface area contributed by atoms with Crippen LogP contribution in [0.3, 0.4) is 0 Å². The summed E-state index contributed by atoms with van der Waals surface area (Å²) in [5, 5.41) is 10.0. The monoisotopic (exact) mass is 630 g/mol. The van der Waals surface area contributed by atoms with Gasteiger partial charge in [0.15, 0.2) is 0 Å². The van der Waals surface area contributed by atoms with Gasteiger partial charge in [0.2, 0.25) is 0 Å². The van der Waals surface area contributed by atoms with Crippen LogP contribution in [-0.2, 0) is 26.0 Å². The van der Waals surface area contributed by atoms with Crippen molar-refractivity contribution in [2.45, 2.75) is 58.6 Å². The Labute approximate surface area is 266 Å². The second-order valence-electron chi connectivity index (χ2n) is 11.8. The molecular weight excluding hydrogens is 595 g/mol. The number of rotatable bonds is 10. The zero-order valence-electron chi connectivity index (χ0n) is 24.9. The molecule has 1 aliphatic carbocycles. The number of nitrogens with zero attached hydrogens (tertiary/aromatic N) is 5. The summed E-state index contributed by atoms with van der Waals surface area (Å²) in [6.07, 6.45) is 10.7. The maximum absolute atomic E-state index is 13.5. The van der Waals surface area contributed by atoms with Crippen molar-refractivity contribution in [3.63, 3.8) is 0 Å². The number of hydrogen-bond donors (Lipinski definition) is 1. The molecule has 1 fully saturated rings. The number of hydrogen-bond acceptors (Lipinski definition) is 7. The van der Waals surface area contributed by atoms with Gasteiger partial charge in [-0.1, -0.05) is 30.7 Å². The van der Waals surface area contributed by atoms with E-state index in [0.29, 0.717) is 10.8 Å². The highest BCUT2D eigenvalue weighted by atomic mass is 35.5. The minimum absolute atomic E-state index is 0.231. The van der Waals surface area contributed by atoms with Crippen LogP contribution in [0.2, 0.25) is 5.02 Å². The predicted molar refractivity (Wildman–Crippen MR) is 176 cm³/mol. The van der Waals surface area contributed by atoms with Crippen molar-refractivity contribution in [2.75, 3.05) is 25.0 Å². The summed E-state index contributed by atoms with van der Waals surface area (Å²) >= 11 is 8.30. The molecule has 0 atom stereocenters. The van der Waals surface area contributed by atoms with Crippen LogP contribution in [0, 0.1) is 11.7 Å². The van der Waals surface area contributed by atoms with Crippen molar-refractivity contribution in [3.05, 3.63) is 82.6 Å². The van der Waals surface area contributed by atoms with Crippen molar-refractivity contribution in [2.24, 2.45) is 5.92 Å². The summed E-state index contributed by atoms with van der Waals surface area (Å²) in [5.41, 5.74) is 5.25. The zero-order chi connectivity index (χ0) is 30.0. The van der Waals surface area contributed by atoms with E-state index in [1.807, 2.05) is 24.3 Å². The zero-order valence-corrected chi connectivity index (χ0v) is 26.4. The van der Waals surface area contributed by atoms with Gasteiger partial charge in [0.1, 0.15) is 35.1 Å². The predicted octanol–water partition coefficient (Wildman–Crippen LogP) is 8.28. The second kappa shape index (κ2) is 12.8. The number of piperidine rings is 1. The van der Waals surface area contributed by atoms with Crippen LogP contribution >= 0.6 is 22.9 Å². The molecule has 5 aromatic rings. The summed E-state index contributed by atoms with van der Waals surface area (Å²) in [5.74, 6) is 1.80. The maximum Gasteiger partial charge on any atom is 0.142 e. The Bertz CT molecular complexity index is 1780. The summed E-state index contributed by atoms with van der Waals surface area (Å²) < 4.78 is 21.5. The van der Waals surface area contributed by atoms with Crippen molar-refractivity contribution in [1.82, 2.24) is 24.6 Å². The first-order chi connectivity index (χ1) is 21.5. The Morgan fingerprint density at radius 1 is 1.09 bits per heavy atom. The van der Waals surface area contributed by atoms with E-state index >= 15 is 0 Å². The summed E-state index contributed by atoms with van der Waals surface area (Å²) in [6.45, 7) is 7.17. The Morgan fingerprint density at radius 2 is 1.98 bits per heavy atom. The van der Waals surface area contributed by atoms with E-state index in [1.54, 1.807) is 23.7 Å². The second-order valence-corrected chi connectivity index (χ2v) is 13.2. The number of likely N-dealkylation sites (tertiary alicyclic amines) is 1. The van der Waals surface area contributed by atoms with E-state index in [9.17, 15) is 4.39 Å². The standard InChI is InChI=1S/C34H36ClFN6OS/c1-2-13-41-14-10-22(11-15-41)12-16-42-19-27-29(40-42)8-7-26-31-33(37-21-38-34(31)44-32(26)27)39-25-6-9-30(28(35)18-25)43-20-23-4-3-5-24(36)17-23/h3-6,9,17-19,21-22H,2,7-8,10-16,20H2,1H3,(H,37,38,39). The van der Waals surface area contributed by atoms with Gasteiger partial charge >= 0.3 is 0 Å². The number of ether oxygens (including phenoxy) is 1. The summed E-state index contributed by atoms with van der Waals surface area (Å²) in [6, 6.07) is 11.9. The Balaban J connectivity index is 1.06. The fraction of sp³-hybridized carbons (Fsp3) is 0.382.